The van der Waals surface area contributed by atoms with Gasteiger partial charge in [-0.15, -0.1) is 0 Å². The highest BCUT2D eigenvalue weighted by Crippen LogP contribution is 2.21. The Bertz CT molecular complexity index is 892. The predicted octanol–water partition coefficient (Wildman–Crippen LogP) is 4.68. The molecule has 1 fully saturated rings. The summed E-state index contributed by atoms with van der Waals surface area (Å²) in [5.74, 6) is 0.105. The van der Waals surface area contributed by atoms with E-state index in [2.05, 4.69) is 16.8 Å². The molecule has 30 heavy (non-hydrogen) atoms. The maximum Gasteiger partial charge on any atom is 0.262 e. The molecule has 0 radical (unpaired) electrons. The first-order valence-corrected chi connectivity index (χ1v) is 10.3. The van der Waals surface area contributed by atoms with Crippen LogP contribution in [0.1, 0.15) is 12.8 Å². The van der Waals surface area contributed by atoms with Gasteiger partial charge in [-0.3, -0.25) is 9.69 Å². The van der Waals surface area contributed by atoms with Gasteiger partial charge in [-0.05, 0) is 49.2 Å². The molecule has 0 spiro atoms. The van der Waals surface area contributed by atoms with Crippen LogP contribution >= 0.6 is 23.2 Å². The van der Waals surface area contributed by atoms with Crippen LogP contribution < -0.4 is 14.8 Å². The van der Waals surface area contributed by atoms with Crippen LogP contribution in [0.15, 0.2) is 54.7 Å². The Morgan fingerprint density at radius 3 is 2.67 bits per heavy atom. The number of carbonyl (C=O) groups is 1. The fourth-order valence-corrected chi connectivity index (χ4v) is 3.35. The molecule has 1 amide bonds. The van der Waals surface area contributed by atoms with Crippen LogP contribution in [-0.2, 0) is 4.79 Å². The average molecular weight is 453 g/mol. The van der Waals surface area contributed by atoms with E-state index in [1.807, 2.05) is 24.3 Å². The summed E-state index contributed by atoms with van der Waals surface area (Å²) in [6, 6.07) is 11.4. The number of benzene rings is 2. The van der Waals surface area contributed by atoms with Crippen molar-refractivity contribution in [3.05, 3.63) is 70.6 Å². The zero-order valence-electron chi connectivity index (χ0n) is 16.4. The van der Waals surface area contributed by atoms with E-state index in [1.165, 1.54) is 12.1 Å². The Morgan fingerprint density at radius 1 is 1.20 bits per heavy atom. The Labute approximate surface area is 185 Å². The van der Waals surface area contributed by atoms with E-state index in [0.717, 1.165) is 37.9 Å². The van der Waals surface area contributed by atoms with Crippen molar-refractivity contribution in [3.63, 3.8) is 0 Å². The van der Waals surface area contributed by atoms with Crippen molar-refractivity contribution in [2.24, 2.45) is 0 Å². The van der Waals surface area contributed by atoms with Crippen LogP contribution in [0, 0.1) is 5.82 Å². The summed E-state index contributed by atoms with van der Waals surface area (Å²) in [4.78, 5) is 14.3. The van der Waals surface area contributed by atoms with Gasteiger partial charge in [-0.1, -0.05) is 29.8 Å². The van der Waals surface area contributed by atoms with Gasteiger partial charge in [-0.25, -0.2) is 4.39 Å². The van der Waals surface area contributed by atoms with Gasteiger partial charge in [0.25, 0.3) is 5.91 Å². The van der Waals surface area contributed by atoms with Crippen LogP contribution in [0.2, 0.25) is 10.0 Å². The third kappa shape index (κ3) is 6.90. The van der Waals surface area contributed by atoms with E-state index in [4.69, 9.17) is 32.7 Å². The van der Waals surface area contributed by atoms with Crippen molar-refractivity contribution in [1.29, 1.82) is 0 Å². The number of nitrogens with one attached hydrogen (secondary N) is 1. The van der Waals surface area contributed by atoms with E-state index in [-0.39, 0.29) is 29.4 Å². The molecule has 2 aromatic carbocycles. The van der Waals surface area contributed by atoms with Crippen molar-refractivity contribution >= 4 is 29.1 Å². The highest BCUT2D eigenvalue weighted by atomic mass is 35.5. The topological polar surface area (TPSA) is 50.8 Å². The number of amides is 1. The summed E-state index contributed by atoms with van der Waals surface area (Å²) >= 11 is 11.5. The molecule has 5 nitrogen and oxygen atoms in total. The minimum Gasteiger partial charge on any atom is -0.489 e. The summed E-state index contributed by atoms with van der Waals surface area (Å²) < 4.78 is 24.6. The summed E-state index contributed by atoms with van der Waals surface area (Å²) in [6.07, 6.45) is 1.68. The lowest BCUT2D eigenvalue weighted by Gasteiger charge is -2.18. The quantitative estimate of drug-likeness (QED) is 0.599. The largest absolute Gasteiger partial charge is 0.489 e. The van der Waals surface area contributed by atoms with Crippen molar-refractivity contribution in [2.75, 3.05) is 26.2 Å². The maximum atomic E-state index is 13.4. The summed E-state index contributed by atoms with van der Waals surface area (Å²) in [7, 11) is 0. The third-order valence-corrected chi connectivity index (χ3v) is 5.21. The van der Waals surface area contributed by atoms with E-state index in [0.29, 0.717) is 17.1 Å². The molecule has 1 saturated heterocycles. The number of halogens is 3. The molecular weight excluding hydrogens is 430 g/mol. The van der Waals surface area contributed by atoms with Crippen molar-refractivity contribution in [1.82, 2.24) is 10.2 Å². The average Bonchev–Trinajstić information content (AvgIpc) is 3.16. The molecule has 1 heterocycles. The van der Waals surface area contributed by atoms with Crippen molar-refractivity contribution in [3.8, 4) is 11.5 Å². The van der Waals surface area contributed by atoms with Crippen LogP contribution in [0.3, 0.4) is 0 Å². The second-order valence-corrected chi connectivity index (χ2v) is 7.89. The maximum absolute atomic E-state index is 13.4. The lowest BCUT2D eigenvalue weighted by Crippen LogP contribution is -2.31. The highest BCUT2D eigenvalue weighted by Gasteiger charge is 2.23. The number of hydrogen-bond acceptors (Lipinski definition) is 4. The number of carbonyl (C=O) groups excluding carboxylic acids is 1. The first kappa shape index (κ1) is 22.4. The smallest absolute Gasteiger partial charge is 0.262 e. The molecule has 1 atom stereocenters. The van der Waals surface area contributed by atoms with E-state index < -0.39 is 5.82 Å². The third-order valence-electron chi connectivity index (χ3n) is 4.65. The number of rotatable bonds is 9. The fraction of sp³-hybridized carbons (Fsp3) is 0.318. The minimum absolute atomic E-state index is 0.00268. The first-order chi connectivity index (χ1) is 14.4. The van der Waals surface area contributed by atoms with E-state index in [1.54, 1.807) is 0 Å². The second-order valence-electron chi connectivity index (χ2n) is 7.05. The predicted molar refractivity (Wildman–Crippen MR) is 116 cm³/mol. The molecule has 8 heteroatoms. The SMILES string of the molecule is C=C(CCN1CC[C@@H](Oc2ccc(Cl)cc2)C1)NC(=O)COc1ccc(Cl)c(F)c1. The molecule has 160 valence electrons. The van der Waals surface area contributed by atoms with Gasteiger partial charge < -0.3 is 14.8 Å². The lowest BCUT2D eigenvalue weighted by molar-refractivity contribution is -0.122. The second kappa shape index (κ2) is 10.7. The van der Waals surface area contributed by atoms with Gasteiger partial charge in [-0.2, -0.15) is 0 Å². The Balaban J connectivity index is 1.33. The van der Waals surface area contributed by atoms with Gasteiger partial charge in [0.1, 0.15) is 23.4 Å². The minimum atomic E-state index is -0.594. The number of hydrogen-bond donors (Lipinski definition) is 1. The summed E-state index contributed by atoms with van der Waals surface area (Å²) in [5.41, 5.74) is 0.605. The summed E-state index contributed by atoms with van der Waals surface area (Å²) in [5, 5.41) is 3.39. The van der Waals surface area contributed by atoms with Crippen LogP contribution in [0.4, 0.5) is 4.39 Å². The first-order valence-electron chi connectivity index (χ1n) is 9.59. The van der Waals surface area contributed by atoms with Gasteiger partial charge in [0.15, 0.2) is 6.61 Å². The van der Waals surface area contributed by atoms with Gasteiger partial charge >= 0.3 is 0 Å². The van der Waals surface area contributed by atoms with Gasteiger partial charge in [0, 0.05) is 36.4 Å². The van der Waals surface area contributed by atoms with Gasteiger partial charge in [0.2, 0.25) is 0 Å². The number of likely N-dealkylation sites (tertiary alicyclic amines) is 1. The molecule has 3 rings (SSSR count). The Kier molecular flexibility index (Phi) is 7.96. The van der Waals surface area contributed by atoms with Crippen molar-refractivity contribution in [2.45, 2.75) is 18.9 Å². The molecule has 1 aliphatic heterocycles. The zero-order valence-corrected chi connectivity index (χ0v) is 17.9. The Hall–Kier alpha value is -2.28. The molecule has 1 aliphatic rings. The van der Waals surface area contributed by atoms with Crippen molar-refractivity contribution < 1.29 is 18.7 Å². The monoisotopic (exact) mass is 452 g/mol. The molecule has 0 unspecified atom stereocenters. The molecule has 0 aliphatic carbocycles. The van der Waals surface area contributed by atoms with E-state index >= 15 is 0 Å². The van der Waals surface area contributed by atoms with Gasteiger partial charge in [0.05, 0.1) is 5.02 Å². The fourth-order valence-electron chi connectivity index (χ4n) is 3.11. The molecule has 2 aromatic rings. The highest BCUT2D eigenvalue weighted by molar-refractivity contribution is 6.30. The zero-order chi connectivity index (χ0) is 21.5. The normalized spacial score (nSPS) is 16.3. The molecule has 0 bridgehead atoms. The van der Waals surface area contributed by atoms with Crippen LogP contribution in [0.25, 0.3) is 0 Å². The molecule has 1 N–H and O–H groups in total. The lowest BCUT2D eigenvalue weighted by atomic mass is 10.3. The van der Waals surface area contributed by atoms with Crippen LogP contribution in [0.5, 0.6) is 11.5 Å². The Morgan fingerprint density at radius 2 is 1.93 bits per heavy atom. The molecular formula is C22H23Cl2FN2O3. The molecule has 0 aromatic heterocycles. The molecule has 0 saturated carbocycles. The number of ether oxygens (including phenoxy) is 2. The van der Waals surface area contributed by atoms with Crippen LogP contribution in [-0.4, -0.2) is 43.2 Å². The van der Waals surface area contributed by atoms with E-state index in [9.17, 15) is 9.18 Å². The summed E-state index contributed by atoms with van der Waals surface area (Å²) in [6.45, 7) is 6.16. The number of nitrogens with zero attached hydrogens (tertiary/aromatic N) is 1. The standard InChI is InChI=1S/C22H23Cl2FN2O3/c1-15(26-22(28)14-29-18-6-7-20(24)21(25)12-18)8-10-27-11-9-19(13-27)30-17-4-2-16(23)3-5-17/h2-7,12,19H,1,8-11,13-14H2,(H,26,28)/t19-/m1/s1.